The first kappa shape index (κ1) is 13.7. The van der Waals surface area contributed by atoms with Crippen LogP contribution in [0, 0.1) is 0 Å². The van der Waals surface area contributed by atoms with Gasteiger partial charge in [0.05, 0.1) is 7.11 Å². The van der Waals surface area contributed by atoms with E-state index in [1.807, 2.05) is 12.1 Å². The van der Waals surface area contributed by atoms with Gasteiger partial charge in [-0.3, -0.25) is 4.90 Å². The number of nitrogens with one attached hydrogen (secondary N) is 1. The van der Waals surface area contributed by atoms with Gasteiger partial charge in [0.2, 0.25) is 0 Å². The molecule has 1 aliphatic heterocycles. The molecule has 2 rings (SSSR count). The zero-order valence-electron chi connectivity index (χ0n) is 11.3. The molecule has 0 aromatic heterocycles. The minimum atomic E-state index is -0.0501. The van der Waals surface area contributed by atoms with Crippen molar-refractivity contribution in [1.82, 2.24) is 10.2 Å². The molecule has 0 atom stereocenters. The summed E-state index contributed by atoms with van der Waals surface area (Å²) in [5, 5.41) is 4.15. The van der Waals surface area contributed by atoms with Gasteiger partial charge in [-0.05, 0) is 31.5 Å². The van der Waals surface area contributed by atoms with E-state index in [2.05, 4.69) is 30.1 Å². The van der Waals surface area contributed by atoms with Gasteiger partial charge in [-0.15, -0.1) is 0 Å². The van der Waals surface area contributed by atoms with Crippen LogP contribution < -0.4 is 10.1 Å². The zero-order valence-corrected chi connectivity index (χ0v) is 12.0. The number of halogens is 1. The number of hydrogen-bond donors (Lipinski definition) is 1. The Morgan fingerprint density at radius 1 is 1.28 bits per heavy atom. The average molecular weight is 269 g/mol. The van der Waals surface area contributed by atoms with Gasteiger partial charge in [0.1, 0.15) is 5.75 Å². The molecular weight excluding hydrogens is 248 g/mol. The fourth-order valence-electron chi connectivity index (χ4n) is 2.51. The Labute approximate surface area is 114 Å². The normalized spacial score (nSPS) is 17.8. The highest BCUT2D eigenvalue weighted by Crippen LogP contribution is 2.35. The van der Waals surface area contributed by atoms with Crippen LogP contribution in [0.2, 0.25) is 5.02 Å². The van der Waals surface area contributed by atoms with Crippen molar-refractivity contribution in [1.29, 1.82) is 0 Å². The number of ether oxygens (including phenoxy) is 1. The molecule has 3 nitrogen and oxygen atoms in total. The van der Waals surface area contributed by atoms with E-state index < -0.39 is 0 Å². The molecule has 100 valence electrons. The Bertz CT molecular complexity index is 414. The Kier molecular flexibility index (Phi) is 4.15. The fraction of sp³-hybridized carbons (Fsp3) is 0.571. The molecule has 18 heavy (non-hydrogen) atoms. The first-order valence-electron chi connectivity index (χ1n) is 6.35. The van der Waals surface area contributed by atoms with Crippen LogP contribution in [0.25, 0.3) is 0 Å². The lowest BCUT2D eigenvalue weighted by atomic mass is 9.91. The van der Waals surface area contributed by atoms with E-state index in [4.69, 9.17) is 16.3 Å². The summed E-state index contributed by atoms with van der Waals surface area (Å²) in [7, 11) is 1.66. The van der Waals surface area contributed by atoms with E-state index in [1.165, 1.54) is 0 Å². The molecule has 1 fully saturated rings. The Morgan fingerprint density at radius 2 is 1.94 bits per heavy atom. The third-order valence-corrected chi connectivity index (χ3v) is 4.06. The summed E-state index contributed by atoms with van der Waals surface area (Å²) in [5.74, 6) is 0.805. The highest BCUT2D eigenvalue weighted by molar-refractivity contribution is 6.31. The summed E-state index contributed by atoms with van der Waals surface area (Å²) in [6.07, 6.45) is 0. The third kappa shape index (κ3) is 2.63. The van der Waals surface area contributed by atoms with Crippen molar-refractivity contribution >= 4 is 11.6 Å². The molecule has 0 aliphatic carbocycles. The number of nitrogens with zero attached hydrogens (tertiary/aromatic N) is 1. The number of hydrogen-bond acceptors (Lipinski definition) is 3. The van der Waals surface area contributed by atoms with Crippen LogP contribution in [0.4, 0.5) is 0 Å². The molecule has 1 saturated heterocycles. The standard InChI is InChI=1S/C14H21ClN2O/c1-14(2,17-8-6-16-7-9-17)12-5-4-11(18-3)10-13(12)15/h4-5,10,16H,6-9H2,1-3H3. The van der Waals surface area contributed by atoms with E-state index in [1.54, 1.807) is 7.11 Å². The SMILES string of the molecule is COc1ccc(C(C)(C)N2CCNCC2)c(Cl)c1. The number of methoxy groups -OCH3 is 1. The average Bonchev–Trinajstić information content (AvgIpc) is 2.39. The second-order valence-corrected chi connectivity index (χ2v) is 5.55. The Morgan fingerprint density at radius 3 is 2.50 bits per heavy atom. The minimum absolute atomic E-state index is 0.0501. The van der Waals surface area contributed by atoms with E-state index in [9.17, 15) is 0 Å². The van der Waals surface area contributed by atoms with Crippen LogP contribution in [-0.4, -0.2) is 38.2 Å². The Balaban J connectivity index is 2.27. The van der Waals surface area contributed by atoms with Gasteiger partial charge >= 0.3 is 0 Å². The van der Waals surface area contributed by atoms with Crippen LogP contribution in [-0.2, 0) is 5.54 Å². The van der Waals surface area contributed by atoms with Gasteiger partial charge in [0.15, 0.2) is 0 Å². The van der Waals surface area contributed by atoms with E-state index in [0.717, 1.165) is 42.5 Å². The largest absolute Gasteiger partial charge is 0.497 e. The van der Waals surface area contributed by atoms with Crippen LogP contribution >= 0.6 is 11.6 Å². The summed E-state index contributed by atoms with van der Waals surface area (Å²) in [5.41, 5.74) is 1.11. The molecule has 1 N–H and O–H groups in total. The summed E-state index contributed by atoms with van der Waals surface area (Å²) < 4.78 is 5.20. The second-order valence-electron chi connectivity index (χ2n) is 5.14. The molecule has 1 aliphatic rings. The summed E-state index contributed by atoms with van der Waals surface area (Å²) in [4.78, 5) is 2.47. The summed E-state index contributed by atoms with van der Waals surface area (Å²) in [6.45, 7) is 8.64. The maximum absolute atomic E-state index is 6.39. The van der Waals surface area contributed by atoms with Crippen molar-refractivity contribution in [2.45, 2.75) is 19.4 Å². The summed E-state index contributed by atoms with van der Waals surface area (Å²) in [6, 6.07) is 5.94. The van der Waals surface area contributed by atoms with Crippen molar-refractivity contribution in [2.75, 3.05) is 33.3 Å². The van der Waals surface area contributed by atoms with Crippen LogP contribution in [0.15, 0.2) is 18.2 Å². The van der Waals surface area contributed by atoms with E-state index >= 15 is 0 Å². The second kappa shape index (κ2) is 5.47. The highest BCUT2D eigenvalue weighted by Gasteiger charge is 2.31. The molecule has 4 heteroatoms. The molecular formula is C14H21ClN2O. The molecule has 0 saturated carbocycles. The minimum Gasteiger partial charge on any atom is -0.497 e. The molecule has 0 bridgehead atoms. The zero-order chi connectivity index (χ0) is 13.2. The molecule has 0 unspecified atom stereocenters. The first-order valence-corrected chi connectivity index (χ1v) is 6.73. The molecule has 1 aromatic carbocycles. The van der Waals surface area contributed by atoms with Gasteiger partial charge in [-0.1, -0.05) is 17.7 Å². The lowest BCUT2D eigenvalue weighted by Crippen LogP contribution is -2.51. The quantitative estimate of drug-likeness (QED) is 0.912. The maximum atomic E-state index is 6.39. The van der Waals surface area contributed by atoms with E-state index in [-0.39, 0.29) is 5.54 Å². The fourth-order valence-corrected chi connectivity index (χ4v) is 2.91. The van der Waals surface area contributed by atoms with Gasteiger partial charge in [0.25, 0.3) is 0 Å². The van der Waals surface area contributed by atoms with Gasteiger partial charge in [0, 0.05) is 36.7 Å². The van der Waals surface area contributed by atoms with E-state index in [0.29, 0.717) is 0 Å². The highest BCUT2D eigenvalue weighted by atomic mass is 35.5. The lowest BCUT2D eigenvalue weighted by Gasteiger charge is -2.42. The van der Waals surface area contributed by atoms with Crippen LogP contribution in [0.1, 0.15) is 19.4 Å². The predicted octanol–water partition coefficient (Wildman–Crippen LogP) is 2.49. The van der Waals surface area contributed by atoms with Crippen LogP contribution in [0.5, 0.6) is 5.75 Å². The topological polar surface area (TPSA) is 24.5 Å². The van der Waals surface area contributed by atoms with Gasteiger partial charge < -0.3 is 10.1 Å². The number of piperazine rings is 1. The molecule has 0 radical (unpaired) electrons. The molecule has 0 amide bonds. The van der Waals surface area contributed by atoms with Crippen molar-refractivity contribution in [3.05, 3.63) is 28.8 Å². The monoisotopic (exact) mass is 268 g/mol. The molecule has 1 aromatic rings. The van der Waals surface area contributed by atoms with Gasteiger partial charge in [-0.25, -0.2) is 0 Å². The first-order chi connectivity index (χ1) is 8.55. The number of benzene rings is 1. The summed E-state index contributed by atoms with van der Waals surface area (Å²) >= 11 is 6.39. The Hall–Kier alpha value is -0.770. The lowest BCUT2D eigenvalue weighted by molar-refractivity contribution is 0.103. The van der Waals surface area contributed by atoms with Crippen molar-refractivity contribution in [3.63, 3.8) is 0 Å². The van der Waals surface area contributed by atoms with Crippen molar-refractivity contribution < 1.29 is 4.74 Å². The predicted molar refractivity (Wildman–Crippen MR) is 75.5 cm³/mol. The van der Waals surface area contributed by atoms with Crippen LogP contribution in [0.3, 0.4) is 0 Å². The van der Waals surface area contributed by atoms with Crippen molar-refractivity contribution in [2.24, 2.45) is 0 Å². The smallest absolute Gasteiger partial charge is 0.120 e. The van der Waals surface area contributed by atoms with Gasteiger partial charge in [-0.2, -0.15) is 0 Å². The maximum Gasteiger partial charge on any atom is 0.120 e. The third-order valence-electron chi connectivity index (χ3n) is 3.74. The molecule has 1 heterocycles. The number of rotatable bonds is 3. The molecule has 0 spiro atoms. The van der Waals surface area contributed by atoms with Crippen molar-refractivity contribution in [3.8, 4) is 5.75 Å².